The first-order valence-electron chi connectivity index (χ1n) is 9.02. The van der Waals surface area contributed by atoms with Gasteiger partial charge in [-0.05, 0) is 29.7 Å². The summed E-state index contributed by atoms with van der Waals surface area (Å²) in [5.74, 6) is -4.49. The van der Waals surface area contributed by atoms with E-state index in [0.29, 0.717) is 0 Å². The zero-order valence-electron chi connectivity index (χ0n) is 16.9. The summed E-state index contributed by atoms with van der Waals surface area (Å²) in [6.45, 7) is 3.21. The number of nitrogens with one attached hydrogen (secondary N) is 2. The molecule has 0 aromatic heterocycles. The van der Waals surface area contributed by atoms with Crippen molar-refractivity contribution in [3.8, 4) is 0 Å². The summed E-state index contributed by atoms with van der Waals surface area (Å²) >= 11 is 0. The van der Waals surface area contributed by atoms with E-state index >= 15 is 0 Å². The van der Waals surface area contributed by atoms with Crippen LogP contribution in [0.25, 0.3) is 6.08 Å². The van der Waals surface area contributed by atoms with E-state index in [1.807, 2.05) is 31.1 Å². The Bertz CT molecular complexity index is 771. The molecule has 1 aromatic rings. The summed E-state index contributed by atoms with van der Waals surface area (Å²) < 4.78 is 0. The molecule has 0 heterocycles. The number of carboxylic acids is 2. The first-order valence-corrected chi connectivity index (χ1v) is 9.02. The van der Waals surface area contributed by atoms with E-state index < -0.39 is 48.2 Å². The molecule has 0 aliphatic rings. The molecule has 1 aromatic carbocycles. The van der Waals surface area contributed by atoms with Gasteiger partial charge in [0.05, 0.1) is 6.42 Å². The molecule has 2 amide bonds. The van der Waals surface area contributed by atoms with E-state index in [4.69, 9.17) is 10.2 Å². The summed E-state index contributed by atoms with van der Waals surface area (Å²) in [6, 6.07) is 4.76. The lowest BCUT2D eigenvalue weighted by Crippen LogP contribution is -2.53. The molecule has 0 radical (unpaired) electrons. The second-order valence-electron chi connectivity index (χ2n) is 7.05. The van der Waals surface area contributed by atoms with E-state index in [9.17, 15) is 19.2 Å². The van der Waals surface area contributed by atoms with Crippen molar-refractivity contribution in [3.05, 3.63) is 35.9 Å². The van der Waals surface area contributed by atoms with Gasteiger partial charge >= 0.3 is 11.9 Å². The fraction of sp³-hybridized carbons (Fsp3) is 0.400. The van der Waals surface area contributed by atoms with Crippen LogP contribution in [0.1, 0.15) is 25.8 Å². The van der Waals surface area contributed by atoms with Gasteiger partial charge in [-0.2, -0.15) is 0 Å². The van der Waals surface area contributed by atoms with Crippen molar-refractivity contribution >= 4 is 35.5 Å². The van der Waals surface area contributed by atoms with Gasteiger partial charge in [0.1, 0.15) is 12.1 Å². The van der Waals surface area contributed by atoms with Crippen LogP contribution in [0.2, 0.25) is 0 Å². The minimum Gasteiger partial charge on any atom is -0.481 e. The summed E-state index contributed by atoms with van der Waals surface area (Å²) in [7, 11) is 3.81. The summed E-state index contributed by atoms with van der Waals surface area (Å²) in [5, 5.41) is 22.8. The molecule has 0 aliphatic heterocycles. The Kier molecular flexibility index (Phi) is 8.85. The second kappa shape index (κ2) is 10.8. The Hall–Kier alpha value is -3.36. The fourth-order valence-corrected chi connectivity index (χ4v) is 2.43. The number of carbonyl (C=O) groups is 4. The average molecular weight is 405 g/mol. The first-order chi connectivity index (χ1) is 13.5. The molecule has 9 nitrogen and oxygen atoms in total. The van der Waals surface area contributed by atoms with Crippen molar-refractivity contribution in [1.82, 2.24) is 10.6 Å². The number of rotatable bonds is 10. The van der Waals surface area contributed by atoms with Gasteiger partial charge in [-0.3, -0.25) is 14.4 Å². The third-order valence-electron chi connectivity index (χ3n) is 4.08. The van der Waals surface area contributed by atoms with Crippen LogP contribution in [0.4, 0.5) is 5.69 Å². The highest BCUT2D eigenvalue weighted by molar-refractivity contribution is 5.97. The Balaban J connectivity index is 2.83. The highest BCUT2D eigenvalue weighted by Crippen LogP contribution is 2.13. The summed E-state index contributed by atoms with van der Waals surface area (Å²) in [4.78, 5) is 48.7. The average Bonchev–Trinajstić information content (AvgIpc) is 2.63. The molecule has 158 valence electrons. The number of hydrogen-bond donors (Lipinski definition) is 4. The van der Waals surface area contributed by atoms with Crippen molar-refractivity contribution in [1.29, 1.82) is 0 Å². The molecule has 0 saturated heterocycles. The maximum atomic E-state index is 12.3. The Labute approximate surface area is 169 Å². The lowest BCUT2D eigenvalue weighted by atomic mass is 10.0. The van der Waals surface area contributed by atoms with Gasteiger partial charge in [0.15, 0.2) is 0 Å². The number of anilines is 1. The standard InChI is InChI=1S/C20H27N3O6/c1-12(2)18(20(28)29)22-19(27)15(11-17(25)26)21-16(24)10-7-13-5-8-14(9-6-13)23(3)4/h5-10,12,15,18H,11H2,1-4H3,(H,21,24)(H,22,27)(H,25,26)(H,28,29)/t15-,18-/m0/s1. The van der Waals surface area contributed by atoms with Gasteiger partial charge < -0.3 is 25.7 Å². The molecule has 0 bridgehead atoms. The summed E-state index contributed by atoms with van der Waals surface area (Å²) in [6.07, 6.45) is 2.04. The lowest BCUT2D eigenvalue weighted by molar-refractivity contribution is -0.144. The number of aliphatic carboxylic acids is 2. The minimum absolute atomic E-state index is 0.414. The van der Waals surface area contributed by atoms with Gasteiger partial charge in [-0.25, -0.2) is 4.79 Å². The number of hydrogen-bond acceptors (Lipinski definition) is 5. The van der Waals surface area contributed by atoms with Gasteiger partial charge in [-0.15, -0.1) is 0 Å². The largest absolute Gasteiger partial charge is 0.481 e. The van der Waals surface area contributed by atoms with Gasteiger partial charge in [0, 0.05) is 25.9 Å². The third kappa shape index (κ3) is 8.04. The van der Waals surface area contributed by atoms with Crippen LogP contribution >= 0.6 is 0 Å². The predicted molar refractivity (Wildman–Crippen MR) is 108 cm³/mol. The topological polar surface area (TPSA) is 136 Å². The molecule has 1 rings (SSSR count). The molecule has 4 N–H and O–H groups in total. The molecule has 0 spiro atoms. The van der Waals surface area contributed by atoms with Gasteiger partial charge in [-0.1, -0.05) is 26.0 Å². The van der Waals surface area contributed by atoms with E-state index in [1.54, 1.807) is 26.0 Å². The van der Waals surface area contributed by atoms with Gasteiger partial charge in [0.25, 0.3) is 0 Å². The van der Waals surface area contributed by atoms with Crippen LogP contribution in [0.3, 0.4) is 0 Å². The number of carbonyl (C=O) groups excluding carboxylic acids is 2. The Morgan fingerprint density at radius 1 is 1.03 bits per heavy atom. The van der Waals surface area contributed by atoms with Crippen LogP contribution < -0.4 is 15.5 Å². The molecular formula is C20H27N3O6. The molecule has 0 unspecified atom stereocenters. The van der Waals surface area contributed by atoms with Crippen LogP contribution in [0.5, 0.6) is 0 Å². The van der Waals surface area contributed by atoms with Crippen LogP contribution in [-0.4, -0.2) is 60.1 Å². The monoisotopic (exact) mass is 405 g/mol. The van der Waals surface area contributed by atoms with Crippen LogP contribution in [0.15, 0.2) is 30.3 Å². The molecule has 29 heavy (non-hydrogen) atoms. The quantitative estimate of drug-likeness (QED) is 0.426. The zero-order chi connectivity index (χ0) is 22.1. The number of carboxylic acid groups (broad SMARTS) is 2. The molecule has 9 heteroatoms. The van der Waals surface area contributed by atoms with Crippen molar-refractivity contribution in [2.75, 3.05) is 19.0 Å². The fourth-order valence-electron chi connectivity index (χ4n) is 2.43. The first kappa shape index (κ1) is 23.7. The van der Waals surface area contributed by atoms with Crippen molar-refractivity contribution in [2.24, 2.45) is 5.92 Å². The number of benzene rings is 1. The summed E-state index contributed by atoms with van der Waals surface area (Å²) in [5.41, 5.74) is 1.73. The number of amides is 2. The molecule has 0 saturated carbocycles. The van der Waals surface area contributed by atoms with Crippen molar-refractivity contribution < 1.29 is 29.4 Å². The Morgan fingerprint density at radius 3 is 2.07 bits per heavy atom. The SMILES string of the molecule is CC(C)[C@H](NC(=O)[C@H](CC(=O)O)NC(=O)C=Cc1ccc(N(C)C)cc1)C(=O)O. The Morgan fingerprint density at radius 2 is 1.62 bits per heavy atom. The molecule has 0 aliphatic carbocycles. The highest BCUT2D eigenvalue weighted by atomic mass is 16.4. The molecule has 2 atom stereocenters. The van der Waals surface area contributed by atoms with Gasteiger partial charge in [0.2, 0.25) is 11.8 Å². The smallest absolute Gasteiger partial charge is 0.326 e. The van der Waals surface area contributed by atoms with Crippen LogP contribution in [-0.2, 0) is 19.2 Å². The second-order valence-corrected chi connectivity index (χ2v) is 7.05. The van der Waals surface area contributed by atoms with E-state index in [1.165, 1.54) is 12.2 Å². The van der Waals surface area contributed by atoms with Crippen molar-refractivity contribution in [3.63, 3.8) is 0 Å². The normalized spacial score (nSPS) is 13.0. The zero-order valence-corrected chi connectivity index (χ0v) is 16.9. The van der Waals surface area contributed by atoms with E-state index in [0.717, 1.165) is 11.3 Å². The maximum absolute atomic E-state index is 12.3. The molecular weight excluding hydrogens is 378 g/mol. The highest BCUT2D eigenvalue weighted by Gasteiger charge is 2.29. The van der Waals surface area contributed by atoms with E-state index in [-0.39, 0.29) is 0 Å². The lowest BCUT2D eigenvalue weighted by Gasteiger charge is -2.22. The van der Waals surface area contributed by atoms with Crippen LogP contribution in [0, 0.1) is 5.92 Å². The predicted octanol–water partition coefficient (Wildman–Crippen LogP) is 0.951. The van der Waals surface area contributed by atoms with Crippen molar-refractivity contribution in [2.45, 2.75) is 32.4 Å². The molecule has 0 fully saturated rings. The van der Waals surface area contributed by atoms with E-state index in [2.05, 4.69) is 10.6 Å². The minimum atomic E-state index is -1.40. The maximum Gasteiger partial charge on any atom is 0.326 e. The number of nitrogens with zero attached hydrogens (tertiary/aromatic N) is 1. The third-order valence-corrected chi connectivity index (χ3v) is 4.08.